The number of allylic oxidation sites excluding steroid dienone is 1. The molecule has 0 saturated carbocycles. The highest BCUT2D eigenvalue weighted by atomic mass is 16.8. The Morgan fingerprint density at radius 3 is 2.24 bits per heavy atom. The maximum Gasteiger partial charge on any atom is 0.338 e. The minimum absolute atomic E-state index is 0.178. The van der Waals surface area contributed by atoms with E-state index < -0.39 is 41.1 Å². The van der Waals surface area contributed by atoms with Crippen LogP contribution in [-0.2, 0) is 23.9 Å². The van der Waals surface area contributed by atoms with Crippen LogP contribution in [0.1, 0.15) is 76.3 Å². The van der Waals surface area contributed by atoms with Gasteiger partial charge in [-0.15, -0.1) is 0 Å². The molecule has 4 atom stereocenters. The number of cyclic esters (lactones) is 1. The molecule has 0 aromatic heterocycles. The number of aryl methyl sites for hydroxylation is 1. The van der Waals surface area contributed by atoms with Gasteiger partial charge in [0.05, 0.1) is 23.6 Å². The summed E-state index contributed by atoms with van der Waals surface area (Å²) < 4.78 is 11.3. The van der Waals surface area contributed by atoms with E-state index in [1.54, 1.807) is 26.0 Å². The third kappa shape index (κ3) is 8.49. The van der Waals surface area contributed by atoms with Crippen molar-refractivity contribution in [1.82, 2.24) is 10.6 Å². The zero-order valence-corrected chi connectivity index (χ0v) is 27.6. The number of nitriles is 1. The minimum Gasteiger partial charge on any atom is -0.432 e. The molecule has 1 fully saturated rings. The summed E-state index contributed by atoms with van der Waals surface area (Å²) in [6.45, 7) is 12.8. The first-order chi connectivity index (χ1) is 21.7. The van der Waals surface area contributed by atoms with E-state index in [1.165, 1.54) is 0 Å². The van der Waals surface area contributed by atoms with E-state index in [4.69, 9.17) is 14.7 Å². The van der Waals surface area contributed by atoms with Crippen LogP contribution in [0, 0.1) is 29.6 Å². The summed E-state index contributed by atoms with van der Waals surface area (Å²) in [7, 11) is 0. The second-order valence-corrected chi connectivity index (χ2v) is 13.3. The SMILES string of the molecule is Cc1cc(/C=C/C[C@@H](C(=O)N[C@H](C(=O)NC(C)c2ccccc2)C(C)(C)C)C2OC(C)(C)OC2=O)ccc1-c1ccc(C#N)cc1. The first-order valence-electron chi connectivity index (χ1n) is 15.5. The summed E-state index contributed by atoms with van der Waals surface area (Å²) in [5, 5.41) is 15.1. The highest BCUT2D eigenvalue weighted by Crippen LogP contribution is 2.31. The number of nitrogens with one attached hydrogen (secondary N) is 2. The van der Waals surface area contributed by atoms with Crippen molar-refractivity contribution in [3.05, 3.63) is 101 Å². The molecule has 240 valence electrons. The molecule has 2 N–H and O–H groups in total. The van der Waals surface area contributed by atoms with E-state index in [9.17, 15) is 14.4 Å². The van der Waals surface area contributed by atoms with Crippen LogP contribution in [0.25, 0.3) is 17.2 Å². The van der Waals surface area contributed by atoms with Crippen LogP contribution in [0.4, 0.5) is 0 Å². The van der Waals surface area contributed by atoms with Gasteiger partial charge in [0.25, 0.3) is 0 Å². The molecule has 3 aromatic carbocycles. The van der Waals surface area contributed by atoms with Crippen molar-refractivity contribution in [2.24, 2.45) is 11.3 Å². The third-order valence-corrected chi connectivity index (χ3v) is 8.04. The van der Waals surface area contributed by atoms with Gasteiger partial charge in [0.15, 0.2) is 6.10 Å². The predicted molar refractivity (Wildman–Crippen MR) is 178 cm³/mol. The van der Waals surface area contributed by atoms with E-state index in [0.717, 1.165) is 27.8 Å². The molecule has 3 aromatic rings. The van der Waals surface area contributed by atoms with E-state index >= 15 is 0 Å². The van der Waals surface area contributed by atoms with E-state index in [2.05, 4.69) is 16.7 Å². The van der Waals surface area contributed by atoms with Crippen molar-refractivity contribution in [2.45, 2.75) is 78.9 Å². The molecule has 2 amide bonds. The smallest absolute Gasteiger partial charge is 0.338 e. The highest BCUT2D eigenvalue weighted by molar-refractivity contribution is 5.92. The highest BCUT2D eigenvalue weighted by Gasteiger charge is 2.48. The molecule has 8 heteroatoms. The van der Waals surface area contributed by atoms with Gasteiger partial charge >= 0.3 is 5.97 Å². The zero-order chi connectivity index (χ0) is 33.6. The van der Waals surface area contributed by atoms with Gasteiger partial charge in [-0.25, -0.2) is 4.79 Å². The summed E-state index contributed by atoms with van der Waals surface area (Å²) >= 11 is 0. The number of benzene rings is 3. The van der Waals surface area contributed by atoms with E-state index in [-0.39, 0.29) is 18.4 Å². The number of carbonyl (C=O) groups is 3. The molecule has 0 aliphatic carbocycles. The predicted octanol–water partition coefficient (Wildman–Crippen LogP) is 6.64. The molecule has 1 aliphatic rings. The number of hydrogen-bond donors (Lipinski definition) is 2. The van der Waals surface area contributed by atoms with Gasteiger partial charge in [0.1, 0.15) is 6.04 Å². The fourth-order valence-electron chi connectivity index (χ4n) is 5.53. The Kier molecular flexibility index (Phi) is 10.5. The molecule has 1 aliphatic heterocycles. The average molecular weight is 622 g/mol. The van der Waals surface area contributed by atoms with Crippen LogP contribution in [0.2, 0.25) is 0 Å². The van der Waals surface area contributed by atoms with Crippen molar-refractivity contribution in [3.63, 3.8) is 0 Å². The van der Waals surface area contributed by atoms with Crippen molar-refractivity contribution in [1.29, 1.82) is 5.26 Å². The molecule has 0 spiro atoms. The lowest BCUT2D eigenvalue weighted by Gasteiger charge is -2.33. The maximum atomic E-state index is 13.9. The van der Waals surface area contributed by atoms with Gasteiger partial charge < -0.3 is 20.1 Å². The summed E-state index contributed by atoms with van der Waals surface area (Å²) in [5.74, 6) is -3.52. The molecule has 1 saturated heterocycles. The second-order valence-electron chi connectivity index (χ2n) is 13.3. The largest absolute Gasteiger partial charge is 0.432 e. The number of ether oxygens (including phenoxy) is 2. The van der Waals surface area contributed by atoms with Gasteiger partial charge in [-0.2, -0.15) is 5.26 Å². The number of carbonyl (C=O) groups excluding carboxylic acids is 3. The Balaban J connectivity index is 1.53. The number of nitrogens with zero attached hydrogens (tertiary/aromatic N) is 1. The van der Waals surface area contributed by atoms with Crippen LogP contribution in [0.5, 0.6) is 0 Å². The molecule has 0 bridgehead atoms. The summed E-state index contributed by atoms with van der Waals surface area (Å²) in [6, 6.07) is 24.1. The normalized spacial score (nSPS) is 17.9. The summed E-state index contributed by atoms with van der Waals surface area (Å²) in [5.41, 5.74) is 4.97. The van der Waals surface area contributed by atoms with Crippen molar-refractivity contribution in [3.8, 4) is 17.2 Å². The standard InChI is InChI=1S/C38H43N3O5/c1-24-22-26(18-21-30(24)29-19-16-27(23-39)17-20-29)12-11-15-31(32-36(44)46-38(6,7)45-32)34(42)41-33(37(3,4)5)35(43)40-25(2)28-13-9-8-10-14-28/h8-14,16-22,25,31-33H,15H2,1-7H3,(H,40,43)(H,41,42)/b12-11+/t25?,31-,32?,33-/m1/s1. The molecule has 46 heavy (non-hydrogen) atoms. The number of esters is 1. The second kappa shape index (κ2) is 14.1. The lowest BCUT2D eigenvalue weighted by Crippen LogP contribution is -2.56. The Hall–Kier alpha value is -4.74. The molecule has 1 heterocycles. The van der Waals surface area contributed by atoms with Crippen LogP contribution in [0.3, 0.4) is 0 Å². The van der Waals surface area contributed by atoms with E-state index in [1.807, 2.05) is 107 Å². The van der Waals surface area contributed by atoms with Gasteiger partial charge in [-0.3, -0.25) is 9.59 Å². The first kappa shape index (κ1) is 34.1. The van der Waals surface area contributed by atoms with Gasteiger partial charge in [-0.05, 0) is 65.6 Å². The Morgan fingerprint density at radius 2 is 1.67 bits per heavy atom. The first-order valence-corrected chi connectivity index (χ1v) is 15.5. The molecule has 4 rings (SSSR count). The Bertz CT molecular complexity index is 1630. The lowest BCUT2D eigenvalue weighted by atomic mass is 9.85. The maximum absolute atomic E-state index is 13.9. The van der Waals surface area contributed by atoms with Crippen molar-refractivity contribution in [2.75, 3.05) is 0 Å². The Morgan fingerprint density at radius 1 is 1.00 bits per heavy atom. The fraction of sp³-hybridized carbons (Fsp3) is 0.368. The van der Waals surface area contributed by atoms with Gasteiger partial charge in [0, 0.05) is 13.8 Å². The number of hydrogen-bond acceptors (Lipinski definition) is 6. The van der Waals surface area contributed by atoms with Gasteiger partial charge in [-0.1, -0.05) is 93.6 Å². The van der Waals surface area contributed by atoms with Crippen LogP contribution in [-0.4, -0.2) is 35.7 Å². The quantitative estimate of drug-likeness (QED) is 0.245. The average Bonchev–Trinajstić information content (AvgIpc) is 3.29. The zero-order valence-electron chi connectivity index (χ0n) is 27.6. The summed E-state index contributed by atoms with van der Waals surface area (Å²) in [6.07, 6.45) is 2.78. The molecule has 8 nitrogen and oxygen atoms in total. The topological polar surface area (TPSA) is 118 Å². The van der Waals surface area contributed by atoms with E-state index in [0.29, 0.717) is 5.56 Å². The fourth-order valence-corrected chi connectivity index (χ4v) is 5.53. The Labute approximate surface area is 271 Å². The van der Waals surface area contributed by atoms with Crippen molar-refractivity contribution < 1.29 is 23.9 Å². The molecular formula is C38H43N3O5. The van der Waals surface area contributed by atoms with Crippen LogP contribution >= 0.6 is 0 Å². The molecular weight excluding hydrogens is 578 g/mol. The minimum atomic E-state index is -1.17. The monoisotopic (exact) mass is 621 g/mol. The molecule has 2 unspecified atom stereocenters. The van der Waals surface area contributed by atoms with Crippen molar-refractivity contribution >= 4 is 23.9 Å². The summed E-state index contributed by atoms with van der Waals surface area (Å²) in [4.78, 5) is 40.3. The number of rotatable bonds is 10. The number of amides is 2. The lowest BCUT2D eigenvalue weighted by molar-refractivity contribution is -0.162. The third-order valence-electron chi connectivity index (χ3n) is 8.04. The van der Waals surface area contributed by atoms with Crippen LogP contribution in [0.15, 0.2) is 78.9 Å². The van der Waals surface area contributed by atoms with Gasteiger partial charge in [0.2, 0.25) is 17.6 Å². The molecule has 0 radical (unpaired) electrons. The van der Waals surface area contributed by atoms with Crippen LogP contribution < -0.4 is 10.6 Å².